The molecule has 136 valence electrons. The van der Waals surface area contributed by atoms with Crippen molar-refractivity contribution in [2.24, 2.45) is 0 Å². The number of ether oxygens (including phenoxy) is 1. The van der Waals surface area contributed by atoms with Crippen molar-refractivity contribution in [3.05, 3.63) is 36.4 Å². The predicted octanol–water partition coefficient (Wildman–Crippen LogP) is 2.73. The average Bonchev–Trinajstić information content (AvgIpc) is 2.49. The van der Waals surface area contributed by atoms with Crippen molar-refractivity contribution >= 4 is 32.8 Å². The Morgan fingerprint density at radius 2 is 1.60 bits per heavy atom. The van der Waals surface area contributed by atoms with Gasteiger partial charge < -0.3 is 18.0 Å². The Morgan fingerprint density at radius 3 is 2.08 bits per heavy atom. The molecule has 1 aromatic carbocycles. The van der Waals surface area contributed by atoms with Crippen LogP contribution in [0.4, 0.5) is 0 Å². The van der Waals surface area contributed by atoms with Crippen LogP contribution in [0.25, 0.3) is 6.08 Å². The minimum atomic E-state index is -3.79. The Morgan fingerprint density at radius 1 is 1.04 bits per heavy atom. The van der Waals surface area contributed by atoms with Gasteiger partial charge in [-0.2, -0.15) is 0 Å². The molecule has 0 spiro atoms. The van der Waals surface area contributed by atoms with Crippen LogP contribution in [0.15, 0.2) is 30.8 Å². The van der Waals surface area contributed by atoms with E-state index in [1.165, 1.54) is 0 Å². The van der Waals surface area contributed by atoms with Crippen LogP contribution < -0.4 is 4.74 Å². The van der Waals surface area contributed by atoms with Gasteiger partial charge in [-0.15, -0.1) is 0 Å². The van der Waals surface area contributed by atoms with Gasteiger partial charge in [0.2, 0.25) is 0 Å². The molecule has 0 aliphatic heterocycles. The van der Waals surface area contributed by atoms with Crippen LogP contribution in [-0.4, -0.2) is 33.3 Å². The zero-order valence-electron chi connectivity index (χ0n) is 14.6. The molecule has 0 bridgehead atoms. The molecule has 0 N–H and O–H groups in total. The predicted molar refractivity (Wildman–Crippen MR) is 92.5 cm³/mol. The van der Waals surface area contributed by atoms with Gasteiger partial charge in [0.15, 0.2) is 0 Å². The summed E-state index contributed by atoms with van der Waals surface area (Å²) in [7, 11) is -3.79. The maximum Gasteiger partial charge on any atom is 0.705 e. The monoisotopic (exact) mass is 366 g/mol. The van der Waals surface area contributed by atoms with Gasteiger partial charge in [-0.25, -0.2) is 0 Å². The van der Waals surface area contributed by atoms with Crippen LogP contribution >= 0.6 is 0 Å². The minimum Gasteiger partial charge on any atom is -0.494 e. The highest BCUT2D eigenvalue weighted by Gasteiger charge is 2.51. The topological polar surface area (TPSA) is 88.1 Å². The highest BCUT2D eigenvalue weighted by Crippen LogP contribution is 2.20. The molecule has 0 unspecified atom stereocenters. The fourth-order valence-electron chi connectivity index (χ4n) is 2.08. The standard InChI is InChI=1S/C17H22O7Si/c1-5-16-8-6-9-17(12-16)21-10-7-11-25(22-13(2)18,23-14(3)19)24-15(4)20/h5-6,8-9,12H,1,7,10-11H2,2-4H3. The van der Waals surface area contributed by atoms with Crippen LogP contribution in [-0.2, 0) is 27.7 Å². The fourth-order valence-corrected chi connectivity index (χ4v) is 4.40. The average molecular weight is 366 g/mol. The van der Waals surface area contributed by atoms with Crippen molar-refractivity contribution in [3.63, 3.8) is 0 Å². The molecule has 1 aromatic rings. The molecular weight excluding hydrogens is 344 g/mol. The molecule has 0 radical (unpaired) electrons. The highest BCUT2D eigenvalue weighted by molar-refractivity contribution is 6.65. The SMILES string of the molecule is C=Cc1cccc(OCCC[Si](OC(C)=O)(OC(C)=O)OC(C)=O)c1. The third kappa shape index (κ3) is 7.66. The van der Waals surface area contributed by atoms with Crippen LogP contribution in [0.3, 0.4) is 0 Å². The molecule has 0 atom stereocenters. The molecule has 0 aromatic heterocycles. The number of carbonyl (C=O) groups is 3. The largest absolute Gasteiger partial charge is 0.705 e. The van der Waals surface area contributed by atoms with Crippen molar-refractivity contribution in [2.45, 2.75) is 33.2 Å². The molecule has 0 fully saturated rings. The second kappa shape index (κ2) is 9.63. The molecule has 8 heteroatoms. The van der Waals surface area contributed by atoms with E-state index in [1.807, 2.05) is 18.2 Å². The van der Waals surface area contributed by atoms with Crippen LogP contribution in [0.2, 0.25) is 6.04 Å². The van der Waals surface area contributed by atoms with Gasteiger partial charge in [0.05, 0.1) is 12.7 Å². The number of hydrogen-bond donors (Lipinski definition) is 0. The van der Waals surface area contributed by atoms with E-state index < -0.39 is 26.7 Å². The second-order valence-electron chi connectivity index (χ2n) is 5.19. The Labute approximate surface area is 147 Å². The van der Waals surface area contributed by atoms with Crippen molar-refractivity contribution in [1.29, 1.82) is 0 Å². The number of benzene rings is 1. The quantitative estimate of drug-likeness (QED) is 0.490. The molecular formula is C17H22O7Si. The lowest BCUT2D eigenvalue weighted by molar-refractivity contribution is -0.147. The molecule has 0 heterocycles. The van der Waals surface area contributed by atoms with Crippen LogP contribution in [0.1, 0.15) is 32.8 Å². The molecule has 7 nitrogen and oxygen atoms in total. The lowest BCUT2D eigenvalue weighted by atomic mass is 10.2. The Balaban J connectivity index is 2.72. The van der Waals surface area contributed by atoms with Crippen molar-refractivity contribution in [2.75, 3.05) is 6.61 Å². The third-order valence-corrected chi connectivity index (χ3v) is 5.65. The molecule has 0 aliphatic rings. The number of carbonyl (C=O) groups excluding carboxylic acids is 3. The summed E-state index contributed by atoms with van der Waals surface area (Å²) in [6.45, 7) is 7.43. The van der Waals surface area contributed by atoms with Gasteiger partial charge in [0.25, 0.3) is 17.9 Å². The fraction of sp³-hybridized carbons (Fsp3) is 0.353. The second-order valence-corrected chi connectivity index (χ2v) is 7.67. The Hall–Kier alpha value is -2.61. The van der Waals surface area contributed by atoms with Gasteiger partial charge in [-0.05, 0) is 24.1 Å². The summed E-state index contributed by atoms with van der Waals surface area (Å²) < 4.78 is 20.9. The molecule has 1 rings (SSSR count). The summed E-state index contributed by atoms with van der Waals surface area (Å²) in [6, 6.07) is 7.42. The zero-order chi connectivity index (χ0) is 18.9. The third-order valence-electron chi connectivity index (χ3n) is 2.89. The maximum absolute atomic E-state index is 11.3. The minimum absolute atomic E-state index is 0.0763. The van der Waals surface area contributed by atoms with Crippen molar-refractivity contribution < 1.29 is 32.4 Å². The van der Waals surface area contributed by atoms with E-state index in [-0.39, 0.29) is 12.7 Å². The van der Waals surface area contributed by atoms with E-state index in [0.717, 1.165) is 26.3 Å². The summed E-state index contributed by atoms with van der Waals surface area (Å²) in [5.74, 6) is -1.41. The summed E-state index contributed by atoms with van der Waals surface area (Å²) in [6.07, 6.45) is 2.06. The normalized spacial score (nSPS) is 10.5. The molecule has 0 saturated heterocycles. The summed E-state index contributed by atoms with van der Waals surface area (Å²) in [5, 5.41) is 0. The van der Waals surface area contributed by atoms with E-state index in [2.05, 4.69) is 6.58 Å². The summed E-state index contributed by atoms with van der Waals surface area (Å²) in [5.41, 5.74) is 0.918. The van der Waals surface area contributed by atoms with E-state index in [9.17, 15) is 14.4 Å². The zero-order valence-corrected chi connectivity index (χ0v) is 15.6. The molecule has 0 saturated carbocycles. The first-order chi connectivity index (χ1) is 11.8. The lowest BCUT2D eigenvalue weighted by Gasteiger charge is -2.26. The van der Waals surface area contributed by atoms with E-state index >= 15 is 0 Å². The Kier molecular flexibility index (Phi) is 7.87. The van der Waals surface area contributed by atoms with E-state index in [0.29, 0.717) is 12.2 Å². The Bertz CT molecular complexity index is 601. The van der Waals surface area contributed by atoms with Crippen molar-refractivity contribution in [3.8, 4) is 5.75 Å². The smallest absolute Gasteiger partial charge is 0.494 e. The van der Waals surface area contributed by atoms with Crippen LogP contribution in [0.5, 0.6) is 5.75 Å². The van der Waals surface area contributed by atoms with Gasteiger partial charge in [-0.3, -0.25) is 14.4 Å². The van der Waals surface area contributed by atoms with Gasteiger partial charge >= 0.3 is 8.80 Å². The molecule has 0 amide bonds. The lowest BCUT2D eigenvalue weighted by Crippen LogP contribution is -2.49. The first-order valence-corrected chi connectivity index (χ1v) is 9.63. The van der Waals surface area contributed by atoms with Crippen LogP contribution in [0, 0.1) is 0 Å². The van der Waals surface area contributed by atoms with Gasteiger partial charge in [0.1, 0.15) is 5.75 Å². The molecule has 0 aliphatic carbocycles. The summed E-state index contributed by atoms with van der Waals surface area (Å²) >= 11 is 0. The van der Waals surface area contributed by atoms with E-state index in [4.69, 9.17) is 18.0 Å². The molecule has 25 heavy (non-hydrogen) atoms. The number of rotatable bonds is 9. The van der Waals surface area contributed by atoms with Gasteiger partial charge in [0, 0.05) is 20.8 Å². The first-order valence-electron chi connectivity index (χ1n) is 7.70. The van der Waals surface area contributed by atoms with E-state index in [1.54, 1.807) is 12.1 Å². The van der Waals surface area contributed by atoms with Crippen molar-refractivity contribution in [1.82, 2.24) is 0 Å². The maximum atomic E-state index is 11.3. The first kappa shape index (κ1) is 20.4. The summed E-state index contributed by atoms with van der Waals surface area (Å²) in [4.78, 5) is 34.0. The highest BCUT2D eigenvalue weighted by atomic mass is 28.4. The van der Waals surface area contributed by atoms with Gasteiger partial charge in [-0.1, -0.05) is 24.8 Å². The number of hydrogen-bond acceptors (Lipinski definition) is 7.